The van der Waals surface area contributed by atoms with Crippen molar-refractivity contribution >= 4 is 6.03 Å². The van der Waals surface area contributed by atoms with E-state index < -0.39 is 46.9 Å². The van der Waals surface area contributed by atoms with E-state index in [2.05, 4.69) is 15.3 Å². The molecular formula is C27H29F5N6O3. The van der Waals surface area contributed by atoms with Gasteiger partial charge in [0.25, 0.3) is 0 Å². The lowest BCUT2D eigenvalue weighted by Crippen LogP contribution is -2.46. The minimum Gasteiger partial charge on any atom is -0.493 e. The Hall–Kier alpha value is -3.84. The third kappa shape index (κ3) is 4.76. The van der Waals surface area contributed by atoms with E-state index in [0.29, 0.717) is 25.9 Å². The Morgan fingerprint density at radius 2 is 1.85 bits per heavy atom. The molecule has 0 radical (unpaired) electrons. The highest BCUT2D eigenvalue weighted by atomic mass is 19.4. The molecule has 0 bridgehead atoms. The monoisotopic (exact) mass is 580 g/mol. The molecule has 2 aromatic heterocycles. The molecule has 1 aromatic carbocycles. The Morgan fingerprint density at radius 1 is 1.12 bits per heavy atom. The summed E-state index contributed by atoms with van der Waals surface area (Å²) in [5.41, 5.74) is -2.44. The number of nitrogens with one attached hydrogen (secondary N) is 2. The Balaban J connectivity index is 1.25. The minimum absolute atomic E-state index is 0.0241. The number of rotatable bonds is 4. The number of urea groups is 1. The normalized spacial score (nSPS) is 22.7. The number of carbonyl (C=O) groups is 1. The standard InChI is InChI=1S/C27H29F5N6O3/c28-18-3-1-2-17(22(18)29)15-4-5-19(23-33-12-20(38(23)13-15)26(8-9-26)27(30,31)32)34-24(40)36-10-6-16(7-11-36)37-14-21(39)35-25(37)41/h1-3,12,14-16,19,39H,4-11,13H2,(H,34,40)(H,35,41)/t15-,19-/m1/s1. The highest BCUT2D eigenvalue weighted by Crippen LogP contribution is 2.59. The SMILES string of the molecule is O=C(N[C@@H]1CC[C@@H](c2cccc(F)c2F)Cn2c(C3(C(F)(F)F)CC3)cnc21)N1CCC(n2cc(O)[nH]c2=O)CC1. The van der Waals surface area contributed by atoms with Crippen LogP contribution in [0.2, 0.25) is 0 Å². The number of fused-ring (bicyclic) bond motifs is 1. The zero-order valence-corrected chi connectivity index (χ0v) is 21.9. The molecule has 220 valence electrons. The molecule has 41 heavy (non-hydrogen) atoms. The first-order valence-electron chi connectivity index (χ1n) is 13.6. The van der Waals surface area contributed by atoms with Crippen LogP contribution in [-0.2, 0) is 12.0 Å². The number of likely N-dealkylation sites (tertiary alicyclic amines) is 1. The molecule has 6 rings (SSSR count). The van der Waals surface area contributed by atoms with Gasteiger partial charge in [-0.3, -0.25) is 9.55 Å². The largest absolute Gasteiger partial charge is 0.493 e. The summed E-state index contributed by atoms with van der Waals surface area (Å²) < 4.78 is 74.1. The van der Waals surface area contributed by atoms with Gasteiger partial charge < -0.3 is 19.9 Å². The van der Waals surface area contributed by atoms with Crippen LogP contribution in [0.5, 0.6) is 5.88 Å². The van der Waals surface area contributed by atoms with Gasteiger partial charge in [0.15, 0.2) is 11.6 Å². The maximum absolute atomic E-state index is 14.8. The summed E-state index contributed by atoms with van der Waals surface area (Å²) in [6, 6.07) is 2.42. The zero-order chi connectivity index (χ0) is 29.1. The van der Waals surface area contributed by atoms with Gasteiger partial charge in [-0.05, 0) is 50.2 Å². The number of carbonyl (C=O) groups excluding carboxylic acids is 1. The van der Waals surface area contributed by atoms with E-state index in [-0.39, 0.29) is 61.2 Å². The molecule has 4 heterocycles. The smallest absolute Gasteiger partial charge is 0.399 e. The van der Waals surface area contributed by atoms with Gasteiger partial charge in [-0.25, -0.2) is 23.4 Å². The molecule has 3 N–H and O–H groups in total. The van der Waals surface area contributed by atoms with Crippen molar-refractivity contribution in [1.82, 2.24) is 29.3 Å². The predicted molar refractivity (Wildman–Crippen MR) is 135 cm³/mol. The third-order valence-corrected chi connectivity index (χ3v) is 8.78. The minimum atomic E-state index is -4.50. The summed E-state index contributed by atoms with van der Waals surface area (Å²) in [5, 5.41) is 12.5. The highest BCUT2D eigenvalue weighted by molar-refractivity contribution is 5.74. The fraction of sp³-hybridized carbons (Fsp3) is 0.519. The molecule has 2 aliphatic heterocycles. The third-order valence-electron chi connectivity index (χ3n) is 8.78. The van der Waals surface area contributed by atoms with E-state index in [0.717, 1.165) is 6.07 Å². The van der Waals surface area contributed by atoms with E-state index in [9.17, 15) is 36.6 Å². The molecule has 1 aliphatic carbocycles. The van der Waals surface area contributed by atoms with E-state index >= 15 is 0 Å². The van der Waals surface area contributed by atoms with Crippen LogP contribution in [0.25, 0.3) is 0 Å². The average Bonchev–Trinajstić information content (AvgIpc) is 3.59. The van der Waals surface area contributed by atoms with Crippen LogP contribution in [-0.4, -0.2) is 54.4 Å². The molecule has 3 aliphatic rings. The second-order valence-corrected chi connectivity index (χ2v) is 11.2. The molecule has 1 saturated heterocycles. The highest BCUT2D eigenvalue weighted by Gasteiger charge is 2.66. The molecular weight excluding hydrogens is 551 g/mol. The van der Waals surface area contributed by atoms with Crippen molar-refractivity contribution in [1.29, 1.82) is 0 Å². The van der Waals surface area contributed by atoms with Crippen LogP contribution in [0.4, 0.5) is 26.7 Å². The second kappa shape index (κ2) is 9.91. The molecule has 2 fully saturated rings. The maximum atomic E-state index is 14.8. The number of H-pyrrole nitrogens is 1. The van der Waals surface area contributed by atoms with Gasteiger partial charge in [-0.15, -0.1) is 0 Å². The number of halogens is 5. The van der Waals surface area contributed by atoms with E-state index in [1.165, 1.54) is 33.7 Å². The molecule has 2 atom stereocenters. The van der Waals surface area contributed by atoms with Crippen molar-refractivity contribution in [3.8, 4) is 5.88 Å². The van der Waals surface area contributed by atoms with Gasteiger partial charge in [0, 0.05) is 37.8 Å². The van der Waals surface area contributed by atoms with E-state index in [1.807, 2.05) is 0 Å². The van der Waals surface area contributed by atoms with Crippen molar-refractivity contribution in [2.75, 3.05) is 13.1 Å². The fourth-order valence-electron chi connectivity index (χ4n) is 6.34. The second-order valence-electron chi connectivity index (χ2n) is 11.2. The lowest BCUT2D eigenvalue weighted by atomic mass is 9.92. The predicted octanol–water partition coefficient (Wildman–Crippen LogP) is 4.62. The molecule has 0 unspecified atom stereocenters. The van der Waals surface area contributed by atoms with Crippen molar-refractivity contribution in [2.24, 2.45) is 0 Å². The topological polar surface area (TPSA) is 108 Å². The van der Waals surface area contributed by atoms with Gasteiger partial charge in [-0.2, -0.15) is 13.2 Å². The number of hydrogen-bond acceptors (Lipinski definition) is 4. The van der Waals surface area contributed by atoms with Crippen molar-refractivity contribution in [3.63, 3.8) is 0 Å². The van der Waals surface area contributed by atoms with Crippen LogP contribution in [0.3, 0.4) is 0 Å². The van der Waals surface area contributed by atoms with Gasteiger partial charge in [0.1, 0.15) is 11.2 Å². The number of aromatic amines is 1. The van der Waals surface area contributed by atoms with Gasteiger partial charge in [0.05, 0.1) is 17.9 Å². The first kappa shape index (κ1) is 27.3. The first-order valence-corrected chi connectivity index (χ1v) is 13.6. The average molecular weight is 581 g/mol. The summed E-state index contributed by atoms with van der Waals surface area (Å²) in [5.74, 6) is -2.68. The van der Waals surface area contributed by atoms with Gasteiger partial charge in [0.2, 0.25) is 5.88 Å². The van der Waals surface area contributed by atoms with Crippen LogP contribution in [0, 0.1) is 11.6 Å². The molecule has 3 aromatic rings. The van der Waals surface area contributed by atoms with Crippen LogP contribution >= 0.6 is 0 Å². The van der Waals surface area contributed by atoms with Crippen LogP contribution < -0.4 is 11.0 Å². The Kier molecular flexibility index (Phi) is 6.61. The number of hydrogen-bond donors (Lipinski definition) is 3. The van der Waals surface area contributed by atoms with E-state index in [1.54, 1.807) is 4.90 Å². The fourth-order valence-corrected chi connectivity index (χ4v) is 6.34. The summed E-state index contributed by atoms with van der Waals surface area (Å²) in [6.07, 6.45) is -0.691. The summed E-state index contributed by atoms with van der Waals surface area (Å²) >= 11 is 0. The Bertz CT molecular complexity index is 1520. The Morgan fingerprint density at radius 3 is 2.49 bits per heavy atom. The number of aromatic nitrogens is 4. The number of piperidine rings is 1. The number of aromatic hydroxyl groups is 1. The van der Waals surface area contributed by atoms with E-state index in [4.69, 9.17) is 0 Å². The van der Waals surface area contributed by atoms with Gasteiger partial charge >= 0.3 is 17.9 Å². The molecule has 2 amide bonds. The lowest BCUT2D eigenvalue weighted by molar-refractivity contribution is -0.162. The number of alkyl halides is 3. The summed E-state index contributed by atoms with van der Waals surface area (Å²) in [6.45, 7) is 0.601. The van der Waals surface area contributed by atoms with Crippen molar-refractivity contribution in [2.45, 2.75) is 74.7 Å². The van der Waals surface area contributed by atoms with Crippen molar-refractivity contribution < 1.29 is 31.9 Å². The van der Waals surface area contributed by atoms with Crippen LogP contribution in [0.1, 0.15) is 73.6 Å². The molecule has 0 spiro atoms. The summed E-state index contributed by atoms with van der Waals surface area (Å²) in [4.78, 5) is 33.5. The van der Waals surface area contributed by atoms with Crippen molar-refractivity contribution in [3.05, 3.63) is 69.8 Å². The first-order chi connectivity index (χ1) is 19.5. The molecule has 1 saturated carbocycles. The molecule has 9 nitrogen and oxygen atoms in total. The lowest BCUT2D eigenvalue weighted by Gasteiger charge is -2.33. The van der Waals surface area contributed by atoms with Crippen LogP contribution in [0.15, 0.2) is 35.4 Å². The molecule has 14 heteroatoms. The van der Waals surface area contributed by atoms with Gasteiger partial charge in [-0.1, -0.05) is 12.1 Å². The Labute approximate surface area is 231 Å². The zero-order valence-electron chi connectivity index (χ0n) is 21.9. The maximum Gasteiger partial charge on any atom is 0.399 e. The number of imidazole rings is 2. The number of benzene rings is 1. The quantitative estimate of drug-likeness (QED) is 0.392. The summed E-state index contributed by atoms with van der Waals surface area (Å²) in [7, 11) is 0. The number of amides is 2. The number of nitrogens with zero attached hydrogens (tertiary/aromatic N) is 4.